The summed E-state index contributed by atoms with van der Waals surface area (Å²) in [6, 6.07) is 84.2. The minimum absolute atomic E-state index is 0.0781. The van der Waals surface area contributed by atoms with E-state index in [2.05, 4.69) is 229 Å². The van der Waals surface area contributed by atoms with E-state index in [1.54, 1.807) is 0 Å². The van der Waals surface area contributed by atoms with Gasteiger partial charge in [-0.25, -0.2) is 0 Å². The zero-order valence-corrected chi connectivity index (χ0v) is 34.5. The quantitative estimate of drug-likeness (QED) is 0.156. The van der Waals surface area contributed by atoms with Crippen molar-refractivity contribution in [3.8, 4) is 39.1 Å². The maximum absolute atomic E-state index is 2.53. The van der Waals surface area contributed by atoms with Crippen molar-refractivity contribution in [2.75, 3.05) is 0 Å². The van der Waals surface area contributed by atoms with Crippen molar-refractivity contribution in [2.45, 2.75) is 11.8 Å². The normalized spacial score (nSPS) is 15.0. The molecule has 0 saturated heterocycles. The molecule has 0 N–H and O–H groups in total. The Balaban J connectivity index is 1.12. The lowest BCUT2D eigenvalue weighted by molar-refractivity contribution is 0.758. The number of hydrogen-bond acceptors (Lipinski definition) is 0. The number of fused-ring (bicyclic) bond motifs is 9. The highest BCUT2D eigenvalue weighted by Crippen LogP contribution is 2.61. The number of benzene rings is 11. The highest BCUT2D eigenvalue weighted by atomic mass is 15.0. The Bertz CT molecular complexity index is 3780. The second-order valence-electron chi connectivity index (χ2n) is 17.4. The van der Waals surface area contributed by atoms with Crippen LogP contribution in [0.5, 0.6) is 0 Å². The molecule has 1 aromatic heterocycles. The van der Waals surface area contributed by atoms with Gasteiger partial charge in [-0.05, 0) is 112 Å². The van der Waals surface area contributed by atoms with Crippen LogP contribution in [0, 0.1) is 0 Å². The van der Waals surface area contributed by atoms with E-state index in [-0.39, 0.29) is 11.8 Å². The highest BCUT2D eigenvalue weighted by Gasteiger charge is 2.44. The van der Waals surface area contributed by atoms with Crippen molar-refractivity contribution >= 4 is 54.1 Å². The summed E-state index contributed by atoms with van der Waals surface area (Å²) in [6.07, 6.45) is 0. The highest BCUT2D eigenvalue weighted by molar-refractivity contribution is 6.28. The van der Waals surface area contributed by atoms with Crippen LogP contribution in [0.4, 0.5) is 0 Å². The molecule has 15 rings (SSSR count). The first kappa shape index (κ1) is 34.7. The standard InChI is InChI=1S/C62H39N/c1-2-17-38(18-3-1)39-19-14-20-40(37-39)63-56-34-13-12-24-44(56)54-32-16-33-55(62(54)63)53-36-35-52(60-58-48-26-8-10-28-50(48)59(61(53)60)51-29-11-9-27-49(51)58)47-31-15-30-46-43-22-5-4-21-41(43)42-23-6-7-25-45(42)57(46)47/h1-37,58-59H. The summed E-state index contributed by atoms with van der Waals surface area (Å²) in [7, 11) is 0. The van der Waals surface area contributed by atoms with Crippen molar-refractivity contribution in [3.63, 3.8) is 0 Å². The number of hydrogen-bond donors (Lipinski definition) is 0. The van der Waals surface area contributed by atoms with Gasteiger partial charge in [0, 0.05) is 33.9 Å². The van der Waals surface area contributed by atoms with Crippen LogP contribution in [-0.4, -0.2) is 4.57 Å². The van der Waals surface area contributed by atoms with Crippen LogP contribution in [0.1, 0.15) is 45.2 Å². The Labute approximate surface area is 365 Å². The Morgan fingerprint density at radius 3 is 1.37 bits per heavy atom. The number of nitrogens with zero attached hydrogens (tertiary/aromatic N) is 1. The van der Waals surface area contributed by atoms with Gasteiger partial charge < -0.3 is 4.57 Å². The molecule has 0 atom stereocenters. The first-order valence-corrected chi connectivity index (χ1v) is 22.2. The molecular weight excluding hydrogens is 759 g/mol. The Kier molecular flexibility index (Phi) is 7.29. The fourth-order valence-corrected chi connectivity index (χ4v) is 11.9. The van der Waals surface area contributed by atoms with Crippen LogP contribution in [0.2, 0.25) is 0 Å². The molecule has 0 spiro atoms. The van der Waals surface area contributed by atoms with Gasteiger partial charge in [0.25, 0.3) is 0 Å². The molecule has 1 nitrogen and oxygen atoms in total. The summed E-state index contributed by atoms with van der Waals surface area (Å²) >= 11 is 0. The van der Waals surface area contributed by atoms with E-state index < -0.39 is 0 Å². The summed E-state index contributed by atoms with van der Waals surface area (Å²) in [6.45, 7) is 0. The summed E-state index contributed by atoms with van der Waals surface area (Å²) in [4.78, 5) is 0. The van der Waals surface area contributed by atoms with E-state index in [9.17, 15) is 0 Å². The van der Waals surface area contributed by atoms with Gasteiger partial charge in [0.05, 0.1) is 11.0 Å². The minimum atomic E-state index is 0.0781. The summed E-state index contributed by atoms with van der Waals surface area (Å²) in [5.41, 5.74) is 19.8. The van der Waals surface area contributed by atoms with Crippen molar-refractivity contribution in [1.29, 1.82) is 0 Å². The fraction of sp³-hybridized carbons (Fsp3) is 0.0323. The number of aromatic nitrogens is 1. The topological polar surface area (TPSA) is 4.93 Å². The molecule has 63 heavy (non-hydrogen) atoms. The van der Waals surface area contributed by atoms with Crippen molar-refractivity contribution in [1.82, 2.24) is 4.57 Å². The van der Waals surface area contributed by atoms with Gasteiger partial charge in [0.1, 0.15) is 0 Å². The lowest BCUT2D eigenvalue weighted by Gasteiger charge is -2.44. The van der Waals surface area contributed by atoms with E-state index in [0.717, 1.165) is 5.69 Å². The molecular formula is C62H39N. The predicted octanol–water partition coefficient (Wildman–Crippen LogP) is 16.2. The molecule has 1 heterocycles. The smallest absolute Gasteiger partial charge is 0.0619 e. The van der Waals surface area contributed by atoms with E-state index >= 15 is 0 Å². The molecule has 0 aliphatic heterocycles. The monoisotopic (exact) mass is 797 g/mol. The van der Waals surface area contributed by atoms with E-state index in [1.807, 2.05) is 0 Å². The van der Waals surface area contributed by atoms with Crippen LogP contribution in [0.3, 0.4) is 0 Å². The maximum Gasteiger partial charge on any atom is 0.0619 e. The summed E-state index contributed by atoms with van der Waals surface area (Å²) in [5.74, 6) is 0.163. The van der Waals surface area contributed by atoms with Gasteiger partial charge >= 0.3 is 0 Å². The largest absolute Gasteiger partial charge is 0.309 e. The Morgan fingerprint density at radius 1 is 0.286 bits per heavy atom. The lowest BCUT2D eigenvalue weighted by Crippen LogP contribution is -2.28. The Hall–Kier alpha value is -8.00. The third-order valence-corrected chi connectivity index (χ3v) is 14.4. The van der Waals surface area contributed by atoms with Gasteiger partial charge in [0.2, 0.25) is 0 Å². The van der Waals surface area contributed by atoms with Crippen molar-refractivity contribution < 1.29 is 0 Å². The Morgan fingerprint density at radius 2 is 0.730 bits per heavy atom. The first-order chi connectivity index (χ1) is 31.3. The molecule has 3 aliphatic rings. The lowest BCUT2D eigenvalue weighted by atomic mass is 9.58. The van der Waals surface area contributed by atoms with Crippen molar-refractivity contribution in [2.24, 2.45) is 0 Å². The summed E-state index contributed by atoms with van der Waals surface area (Å²) in [5, 5.41) is 10.3. The second-order valence-corrected chi connectivity index (χ2v) is 17.4. The van der Waals surface area contributed by atoms with Crippen LogP contribution in [-0.2, 0) is 0 Å². The molecule has 0 amide bonds. The second kappa shape index (κ2) is 13.2. The maximum atomic E-state index is 2.53. The average molecular weight is 798 g/mol. The van der Waals surface area contributed by atoms with E-state index in [4.69, 9.17) is 0 Å². The fourth-order valence-electron chi connectivity index (χ4n) is 11.9. The average Bonchev–Trinajstić information content (AvgIpc) is 3.71. The summed E-state index contributed by atoms with van der Waals surface area (Å²) < 4.78 is 2.53. The molecule has 2 bridgehead atoms. The van der Waals surface area contributed by atoms with Gasteiger partial charge in [-0.15, -0.1) is 0 Å². The molecule has 0 unspecified atom stereocenters. The molecule has 0 radical (unpaired) electrons. The van der Waals surface area contributed by atoms with Crippen molar-refractivity contribution in [3.05, 3.63) is 258 Å². The molecule has 12 aromatic rings. The molecule has 11 aromatic carbocycles. The van der Waals surface area contributed by atoms with E-state index in [1.165, 1.54) is 121 Å². The SMILES string of the molecule is c1ccc(-c2cccc(-n3c4ccccc4c4cccc(-c5ccc(-c6cccc7c8ccccc8c8ccccc8c67)c6c5C5c7ccccc7C6c6ccccc65)c43)c2)cc1. The zero-order valence-electron chi connectivity index (χ0n) is 34.5. The minimum Gasteiger partial charge on any atom is -0.309 e. The molecule has 3 aliphatic carbocycles. The van der Waals surface area contributed by atoms with E-state index in [0.29, 0.717) is 0 Å². The van der Waals surface area contributed by atoms with Gasteiger partial charge in [-0.1, -0.05) is 206 Å². The molecule has 292 valence electrons. The molecule has 1 heteroatoms. The third kappa shape index (κ3) is 4.82. The third-order valence-electron chi connectivity index (χ3n) is 14.4. The number of rotatable bonds is 4. The molecule has 0 saturated carbocycles. The van der Waals surface area contributed by atoms with Crippen LogP contribution in [0.25, 0.3) is 93.2 Å². The van der Waals surface area contributed by atoms with Gasteiger partial charge in [-0.3, -0.25) is 0 Å². The number of para-hydroxylation sites is 2. The van der Waals surface area contributed by atoms with Gasteiger partial charge in [-0.2, -0.15) is 0 Å². The van der Waals surface area contributed by atoms with Crippen LogP contribution >= 0.6 is 0 Å². The van der Waals surface area contributed by atoms with Gasteiger partial charge in [0.15, 0.2) is 0 Å². The first-order valence-electron chi connectivity index (χ1n) is 22.2. The predicted molar refractivity (Wildman–Crippen MR) is 264 cm³/mol. The van der Waals surface area contributed by atoms with Crippen LogP contribution < -0.4 is 0 Å². The van der Waals surface area contributed by atoms with Crippen LogP contribution in [0.15, 0.2) is 224 Å². The molecule has 0 fully saturated rings. The zero-order chi connectivity index (χ0) is 41.2.